The van der Waals surface area contributed by atoms with Gasteiger partial charge in [-0.25, -0.2) is 0 Å². The number of benzene rings is 2. The fourth-order valence-corrected chi connectivity index (χ4v) is 4.23. The van der Waals surface area contributed by atoms with Crippen molar-refractivity contribution in [1.82, 2.24) is 15.1 Å². The van der Waals surface area contributed by atoms with E-state index in [4.69, 9.17) is 0 Å². The summed E-state index contributed by atoms with van der Waals surface area (Å²) in [6.45, 7) is 4.00. The summed E-state index contributed by atoms with van der Waals surface area (Å²) < 4.78 is 0.906. The molecule has 1 unspecified atom stereocenters. The van der Waals surface area contributed by atoms with Gasteiger partial charge in [0.05, 0.1) is 5.52 Å². The minimum absolute atomic E-state index is 0.0269. The van der Waals surface area contributed by atoms with Crippen LogP contribution in [0.2, 0.25) is 0 Å². The molecule has 3 aromatic rings. The largest absolute Gasteiger partial charge is 0.324 e. The highest BCUT2D eigenvalue weighted by molar-refractivity contribution is 14.1. The average molecular weight is 460 g/mol. The number of nitrogens with zero attached hydrogens (tertiary/aromatic N) is 2. The number of amides is 1. The van der Waals surface area contributed by atoms with E-state index in [2.05, 4.69) is 62.1 Å². The molecule has 0 spiro atoms. The van der Waals surface area contributed by atoms with Crippen LogP contribution in [0.3, 0.4) is 0 Å². The molecule has 0 radical (unpaired) electrons. The Morgan fingerprint density at radius 2 is 2.00 bits per heavy atom. The third kappa shape index (κ3) is 3.35. The van der Waals surface area contributed by atoms with Gasteiger partial charge in [0, 0.05) is 11.1 Å². The predicted octanol–water partition coefficient (Wildman–Crippen LogP) is 4.25. The highest BCUT2D eigenvalue weighted by Crippen LogP contribution is 2.29. The second kappa shape index (κ2) is 7.36. The Morgan fingerprint density at radius 1 is 1.23 bits per heavy atom. The number of likely N-dealkylation sites (tertiary alicyclic amines) is 1. The molecular weight excluding hydrogens is 439 g/mol. The number of aromatic amines is 1. The first-order valence-electron chi connectivity index (χ1n) is 8.87. The Kier molecular flexibility index (Phi) is 4.95. The van der Waals surface area contributed by atoms with Gasteiger partial charge in [-0.3, -0.25) is 14.8 Å². The predicted molar refractivity (Wildman–Crippen MR) is 112 cm³/mol. The fourth-order valence-electron chi connectivity index (χ4n) is 3.67. The standard InChI is InChI=1S/C20H21IN4O/c1-13-6-2-3-7-15(13)18(25-10-4-5-11-25)20(26)22-14-8-9-17-16(12-14)19(21)24-23-17/h2-3,6-9,12,18H,4-5,10-11H2,1H3,(H,22,26)(H,23,24). The summed E-state index contributed by atoms with van der Waals surface area (Å²) in [7, 11) is 0. The van der Waals surface area contributed by atoms with Crippen LogP contribution in [0, 0.1) is 10.6 Å². The van der Waals surface area contributed by atoms with Crippen LogP contribution in [0.15, 0.2) is 42.5 Å². The van der Waals surface area contributed by atoms with Crippen LogP contribution in [0.4, 0.5) is 5.69 Å². The van der Waals surface area contributed by atoms with Crippen molar-refractivity contribution in [2.24, 2.45) is 0 Å². The minimum Gasteiger partial charge on any atom is -0.324 e. The van der Waals surface area contributed by atoms with Crippen molar-refractivity contribution in [2.45, 2.75) is 25.8 Å². The number of halogens is 1. The number of aromatic nitrogens is 2. The van der Waals surface area contributed by atoms with Crippen molar-refractivity contribution < 1.29 is 4.79 Å². The quantitative estimate of drug-likeness (QED) is 0.573. The molecular formula is C20H21IN4O. The lowest BCUT2D eigenvalue weighted by Gasteiger charge is -2.28. The number of rotatable bonds is 4. The maximum absolute atomic E-state index is 13.2. The highest BCUT2D eigenvalue weighted by Gasteiger charge is 2.30. The van der Waals surface area contributed by atoms with Gasteiger partial charge in [0.15, 0.2) is 0 Å². The van der Waals surface area contributed by atoms with Crippen molar-refractivity contribution in [3.63, 3.8) is 0 Å². The van der Waals surface area contributed by atoms with Crippen LogP contribution in [0.5, 0.6) is 0 Å². The van der Waals surface area contributed by atoms with E-state index in [-0.39, 0.29) is 11.9 Å². The fraction of sp³-hybridized carbons (Fsp3) is 0.300. The van der Waals surface area contributed by atoms with Crippen molar-refractivity contribution >= 4 is 45.1 Å². The van der Waals surface area contributed by atoms with Gasteiger partial charge >= 0.3 is 0 Å². The smallest absolute Gasteiger partial charge is 0.246 e. The molecule has 0 saturated carbocycles. The molecule has 1 aliphatic rings. The molecule has 2 aromatic carbocycles. The molecule has 1 saturated heterocycles. The summed E-state index contributed by atoms with van der Waals surface area (Å²) in [5, 5.41) is 11.4. The number of nitrogens with one attached hydrogen (secondary N) is 2. The number of hydrogen-bond acceptors (Lipinski definition) is 3. The molecule has 2 heterocycles. The zero-order valence-electron chi connectivity index (χ0n) is 14.6. The van der Waals surface area contributed by atoms with Gasteiger partial charge in [0.1, 0.15) is 9.74 Å². The first-order valence-corrected chi connectivity index (χ1v) is 9.95. The van der Waals surface area contributed by atoms with Crippen molar-refractivity contribution in [3.8, 4) is 0 Å². The third-order valence-corrected chi connectivity index (χ3v) is 5.84. The van der Waals surface area contributed by atoms with E-state index < -0.39 is 0 Å². The Labute approximate surface area is 166 Å². The van der Waals surface area contributed by atoms with Gasteiger partial charge in [0.25, 0.3) is 0 Å². The summed E-state index contributed by atoms with van der Waals surface area (Å²) in [5.41, 5.74) is 4.02. The molecule has 6 heteroatoms. The normalized spacial score (nSPS) is 16.1. The number of carbonyl (C=O) groups excluding carboxylic acids is 1. The number of anilines is 1. The molecule has 0 bridgehead atoms. The maximum atomic E-state index is 13.2. The van der Waals surface area contributed by atoms with E-state index in [0.717, 1.165) is 57.3 Å². The first-order chi connectivity index (χ1) is 12.6. The van der Waals surface area contributed by atoms with Crippen molar-refractivity contribution in [3.05, 3.63) is 57.3 Å². The van der Waals surface area contributed by atoms with E-state index in [1.807, 2.05) is 30.3 Å². The van der Waals surface area contributed by atoms with Gasteiger partial charge in [-0.15, -0.1) is 0 Å². The number of hydrogen-bond donors (Lipinski definition) is 2. The maximum Gasteiger partial charge on any atom is 0.246 e. The van der Waals surface area contributed by atoms with Crippen molar-refractivity contribution in [2.75, 3.05) is 18.4 Å². The SMILES string of the molecule is Cc1ccccc1C(C(=O)Nc1ccc2[nH]nc(I)c2c1)N1CCCC1. The van der Waals surface area contributed by atoms with Crippen LogP contribution < -0.4 is 5.32 Å². The lowest BCUT2D eigenvalue weighted by Crippen LogP contribution is -2.35. The number of H-pyrrole nitrogens is 1. The zero-order valence-corrected chi connectivity index (χ0v) is 16.8. The summed E-state index contributed by atoms with van der Waals surface area (Å²) >= 11 is 2.20. The molecule has 134 valence electrons. The van der Waals surface area contributed by atoms with E-state index in [1.165, 1.54) is 0 Å². The van der Waals surface area contributed by atoms with Gasteiger partial charge < -0.3 is 5.32 Å². The van der Waals surface area contributed by atoms with Gasteiger partial charge in [-0.05, 0) is 84.8 Å². The van der Waals surface area contributed by atoms with E-state index in [1.54, 1.807) is 0 Å². The van der Waals surface area contributed by atoms with Crippen LogP contribution >= 0.6 is 22.6 Å². The molecule has 5 nitrogen and oxygen atoms in total. The monoisotopic (exact) mass is 460 g/mol. The Balaban J connectivity index is 1.65. The second-order valence-electron chi connectivity index (χ2n) is 6.77. The Hall–Kier alpha value is -1.93. The van der Waals surface area contributed by atoms with E-state index >= 15 is 0 Å². The average Bonchev–Trinajstić information content (AvgIpc) is 3.28. The molecule has 26 heavy (non-hydrogen) atoms. The van der Waals surface area contributed by atoms with Gasteiger partial charge in [-0.1, -0.05) is 24.3 Å². The molecule has 1 amide bonds. The van der Waals surface area contributed by atoms with Crippen molar-refractivity contribution in [1.29, 1.82) is 0 Å². The number of fused-ring (bicyclic) bond motifs is 1. The minimum atomic E-state index is -0.252. The molecule has 1 aliphatic heterocycles. The molecule has 0 aliphatic carbocycles. The molecule has 1 fully saturated rings. The third-order valence-electron chi connectivity index (χ3n) is 5.02. The lowest BCUT2D eigenvalue weighted by atomic mass is 9.99. The van der Waals surface area contributed by atoms with E-state index in [9.17, 15) is 4.79 Å². The summed E-state index contributed by atoms with van der Waals surface area (Å²) in [5.74, 6) is 0.0269. The zero-order chi connectivity index (χ0) is 18.1. The van der Waals surface area contributed by atoms with Crippen LogP contribution in [-0.2, 0) is 4.79 Å². The second-order valence-corrected chi connectivity index (χ2v) is 7.79. The molecule has 1 aromatic heterocycles. The molecule has 2 N–H and O–H groups in total. The highest BCUT2D eigenvalue weighted by atomic mass is 127. The number of carbonyl (C=O) groups is 1. The molecule has 1 atom stereocenters. The van der Waals surface area contributed by atoms with Crippen LogP contribution in [0.25, 0.3) is 10.9 Å². The van der Waals surface area contributed by atoms with Crippen LogP contribution in [-0.4, -0.2) is 34.1 Å². The molecule has 4 rings (SSSR count). The topological polar surface area (TPSA) is 61.0 Å². The van der Waals surface area contributed by atoms with Crippen LogP contribution in [0.1, 0.15) is 30.0 Å². The number of aryl methyl sites for hydroxylation is 1. The summed E-state index contributed by atoms with van der Waals surface area (Å²) in [4.78, 5) is 15.5. The first kappa shape index (κ1) is 17.5. The van der Waals surface area contributed by atoms with Gasteiger partial charge in [-0.2, -0.15) is 5.10 Å². The van der Waals surface area contributed by atoms with E-state index in [0.29, 0.717) is 0 Å². The summed E-state index contributed by atoms with van der Waals surface area (Å²) in [6, 6.07) is 13.8. The lowest BCUT2D eigenvalue weighted by molar-refractivity contribution is -0.121. The van der Waals surface area contributed by atoms with Gasteiger partial charge in [0.2, 0.25) is 5.91 Å². The Morgan fingerprint density at radius 3 is 2.77 bits per heavy atom. The summed E-state index contributed by atoms with van der Waals surface area (Å²) in [6.07, 6.45) is 2.30. The Bertz CT molecular complexity index is 946.